The fourth-order valence-corrected chi connectivity index (χ4v) is 7.12. The fraction of sp³-hybridized carbons (Fsp3) is 0.469. The number of urea groups is 1. The lowest BCUT2D eigenvalue weighted by molar-refractivity contribution is 0.0312. The van der Waals surface area contributed by atoms with Gasteiger partial charge in [0.25, 0.3) is 0 Å². The molecule has 7 rings (SSSR count). The van der Waals surface area contributed by atoms with Crippen molar-refractivity contribution >= 4 is 23.2 Å². The number of anilines is 2. The number of rotatable bonds is 6. The van der Waals surface area contributed by atoms with Gasteiger partial charge < -0.3 is 15.0 Å². The zero-order chi connectivity index (χ0) is 28.6. The Hall–Kier alpha value is -3.73. The normalized spacial score (nSPS) is 21.0. The van der Waals surface area contributed by atoms with Crippen molar-refractivity contribution in [3.05, 3.63) is 53.6 Å². The van der Waals surface area contributed by atoms with Crippen LogP contribution in [0.2, 0.25) is 0 Å². The molecule has 1 unspecified atom stereocenters. The van der Waals surface area contributed by atoms with Crippen molar-refractivity contribution in [1.29, 1.82) is 0 Å². The second kappa shape index (κ2) is 11.5. The molecule has 0 bridgehead atoms. The van der Waals surface area contributed by atoms with Crippen molar-refractivity contribution in [2.24, 2.45) is 0 Å². The standard InChI is InChI=1S/C32H39N7O3/c1-37(22-14-19-42-20-15-22)36-32(41)33-25-8-6-7-24-27(25)31(40)28-29(34-35-30(24)28)21-10-12-23(13-11-21)39-18-3-2-9-26(39)38-16-4-5-17-38/h6-8,10-13,22,26H,2-5,9,14-20H2,1H3,(H,34,35)(H2,33,36,41). The summed E-state index contributed by atoms with van der Waals surface area (Å²) in [6, 6.07) is 13.9. The average Bonchev–Trinajstić information content (AvgIpc) is 3.77. The molecule has 0 radical (unpaired) electrons. The van der Waals surface area contributed by atoms with E-state index in [4.69, 9.17) is 4.74 Å². The number of piperidine rings is 1. The number of H-pyrrole nitrogens is 1. The first-order valence-electron chi connectivity index (χ1n) is 15.3. The molecule has 3 N–H and O–H groups in total. The Morgan fingerprint density at radius 2 is 1.74 bits per heavy atom. The number of fused-ring (bicyclic) bond motifs is 3. The van der Waals surface area contributed by atoms with E-state index in [0.29, 0.717) is 47.6 Å². The van der Waals surface area contributed by atoms with Crippen LogP contribution in [0, 0.1) is 0 Å². The molecular weight excluding hydrogens is 530 g/mol. The minimum absolute atomic E-state index is 0.133. The summed E-state index contributed by atoms with van der Waals surface area (Å²) in [6.07, 6.45) is 8.48. The van der Waals surface area contributed by atoms with Gasteiger partial charge in [0, 0.05) is 62.8 Å². The fourth-order valence-electron chi connectivity index (χ4n) is 7.12. The van der Waals surface area contributed by atoms with E-state index >= 15 is 0 Å². The van der Waals surface area contributed by atoms with E-state index in [1.165, 1.54) is 50.9 Å². The van der Waals surface area contributed by atoms with Crippen LogP contribution in [0.1, 0.15) is 60.9 Å². The van der Waals surface area contributed by atoms with Crippen LogP contribution in [0.5, 0.6) is 0 Å². The molecule has 10 heteroatoms. The van der Waals surface area contributed by atoms with Gasteiger partial charge in [-0.25, -0.2) is 9.80 Å². The summed E-state index contributed by atoms with van der Waals surface area (Å²) in [5.41, 5.74) is 8.64. The van der Waals surface area contributed by atoms with Crippen molar-refractivity contribution in [3.8, 4) is 22.5 Å². The molecule has 3 aliphatic heterocycles. The Balaban J connectivity index is 1.09. The number of nitrogens with one attached hydrogen (secondary N) is 3. The topological polar surface area (TPSA) is 106 Å². The van der Waals surface area contributed by atoms with Crippen molar-refractivity contribution in [2.75, 3.05) is 50.1 Å². The molecular formula is C32H39N7O3. The van der Waals surface area contributed by atoms with E-state index in [1.54, 1.807) is 6.07 Å². The SMILES string of the molecule is CN(NC(=O)Nc1cccc2c1C(=O)c1c(-c3ccc(N4CCCCC4N4CCCC4)cc3)n[nH]c1-2)C1CCOCC1. The Bertz CT molecular complexity index is 1460. The summed E-state index contributed by atoms with van der Waals surface area (Å²) in [6.45, 7) is 4.82. The molecule has 42 heavy (non-hydrogen) atoms. The Morgan fingerprint density at radius 3 is 2.52 bits per heavy atom. The van der Waals surface area contributed by atoms with Gasteiger partial charge in [-0.2, -0.15) is 5.10 Å². The quantitative estimate of drug-likeness (QED) is 0.285. The van der Waals surface area contributed by atoms with Gasteiger partial charge in [0.05, 0.1) is 28.7 Å². The van der Waals surface area contributed by atoms with E-state index in [0.717, 1.165) is 30.5 Å². The number of nitrogens with zero attached hydrogens (tertiary/aromatic N) is 4. The number of hydrogen-bond acceptors (Lipinski definition) is 7. The lowest BCUT2D eigenvalue weighted by Gasteiger charge is -2.42. The molecule has 0 spiro atoms. The molecule has 4 aliphatic rings. The van der Waals surface area contributed by atoms with Crippen molar-refractivity contribution in [2.45, 2.75) is 57.2 Å². The van der Waals surface area contributed by atoms with Gasteiger partial charge in [-0.05, 0) is 63.1 Å². The van der Waals surface area contributed by atoms with Crippen LogP contribution < -0.4 is 15.6 Å². The van der Waals surface area contributed by atoms with E-state index in [1.807, 2.05) is 24.2 Å². The molecule has 1 aliphatic carbocycles. The van der Waals surface area contributed by atoms with Crippen molar-refractivity contribution in [1.82, 2.24) is 25.5 Å². The zero-order valence-corrected chi connectivity index (χ0v) is 24.2. The molecule has 4 heterocycles. The van der Waals surface area contributed by atoms with Gasteiger partial charge in [-0.1, -0.05) is 24.3 Å². The monoisotopic (exact) mass is 569 g/mol. The largest absolute Gasteiger partial charge is 0.381 e. The first-order chi connectivity index (χ1) is 20.6. The van der Waals surface area contributed by atoms with Crippen molar-refractivity contribution < 1.29 is 14.3 Å². The van der Waals surface area contributed by atoms with Crippen LogP contribution in [0.3, 0.4) is 0 Å². The molecule has 220 valence electrons. The van der Waals surface area contributed by atoms with Crippen LogP contribution in [-0.4, -0.2) is 84.0 Å². The molecule has 0 saturated carbocycles. The van der Waals surface area contributed by atoms with Crippen LogP contribution >= 0.6 is 0 Å². The van der Waals surface area contributed by atoms with Crippen LogP contribution in [-0.2, 0) is 4.74 Å². The highest BCUT2D eigenvalue weighted by atomic mass is 16.5. The number of hydrazine groups is 1. The van der Waals surface area contributed by atoms with Gasteiger partial charge in [0.2, 0.25) is 0 Å². The first kappa shape index (κ1) is 27.1. The predicted molar refractivity (Wildman–Crippen MR) is 162 cm³/mol. The minimum Gasteiger partial charge on any atom is -0.381 e. The van der Waals surface area contributed by atoms with E-state index < -0.39 is 0 Å². The Morgan fingerprint density at radius 1 is 0.976 bits per heavy atom. The number of likely N-dealkylation sites (tertiary alicyclic amines) is 1. The summed E-state index contributed by atoms with van der Waals surface area (Å²) in [4.78, 5) is 31.9. The molecule has 10 nitrogen and oxygen atoms in total. The zero-order valence-electron chi connectivity index (χ0n) is 24.2. The second-order valence-electron chi connectivity index (χ2n) is 11.9. The molecule has 2 aromatic carbocycles. The Labute approximate surface area is 246 Å². The first-order valence-corrected chi connectivity index (χ1v) is 15.3. The molecule has 1 aromatic heterocycles. The van der Waals surface area contributed by atoms with Gasteiger partial charge in [-0.15, -0.1) is 0 Å². The molecule has 3 fully saturated rings. The highest BCUT2D eigenvalue weighted by Crippen LogP contribution is 2.43. The highest BCUT2D eigenvalue weighted by molar-refractivity contribution is 6.26. The molecule has 3 aromatic rings. The van der Waals surface area contributed by atoms with Crippen LogP contribution in [0.15, 0.2) is 42.5 Å². The summed E-state index contributed by atoms with van der Waals surface area (Å²) >= 11 is 0. The molecule has 3 saturated heterocycles. The van der Waals surface area contributed by atoms with Gasteiger partial charge in [0.1, 0.15) is 5.69 Å². The maximum absolute atomic E-state index is 13.8. The summed E-state index contributed by atoms with van der Waals surface area (Å²) in [5, 5.41) is 12.4. The molecule has 2 amide bonds. The van der Waals surface area contributed by atoms with Gasteiger partial charge in [0.15, 0.2) is 5.78 Å². The number of carbonyl (C=O) groups is 2. The lowest BCUT2D eigenvalue weighted by atomic mass is 10.0. The average molecular weight is 570 g/mol. The third-order valence-corrected chi connectivity index (χ3v) is 9.32. The number of ketones is 1. The maximum Gasteiger partial charge on any atom is 0.333 e. The van der Waals surface area contributed by atoms with Gasteiger partial charge in [-0.3, -0.25) is 20.2 Å². The van der Waals surface area contributed by atoms with Crippen LogP contribution in [0.4, 0.5) is 16.2 Å². The smallest absolute Gasteiger partial charge is 0.333 e. The number of hydrogen-bond donors (Lipinski definition) is 3. The lowest BCUT2D eigenvalue weighted by Crippen LogP contribution is -2.50. The highest BCUT2D eigenvalue weighted by Gasteiger charge is 2.35. The van der Waals surface area contributed by atoms with Crippen molar-refractivity contribution in [3.63, 3.8) is 0 Å². The predicted octanol–water partition coefficient (Wildman–Crippen LogP) is 4.85. The van der Waals surface area contributed by atoms with Crippen LogP contribution in [0.25, 0.3) is 22.5 Å². The minimum atomic E-state index is -0.375. The third-order valence-electron chi connectivity index (χ3n) is 9.32. The Kier molecular flexibility index (Phi) is 7.43. The number of aromatic nitrogens is 2. The van der Waals surface area contributed by atoms with E-state index in [9.17, 15) is 9.59 Å². The number of amides is 2. The van der Waals surface area contributed by atoms with E-state index in [2.05, 4.69) is 55.0 Å². The summed E-state index contributed by atoms with van der Waals surface area (Å²) in [5.74, 6) is -0.133. The second-order valence-corrected chi connectivity index (χ2v) is 11.9. The molecule has 1 atom stereocenters. The van der Waals surface area contributed by atoms with Gasteiger partial charge >= 0.3 is 6.03 Å². The third kappa shape index (κ3) is 4.97. The number of benzene rings is 2. The summed E-state index contributed by atoms with van der Waals surface area (Å²) in [7, 11) is 1.86. The van der Waals surface area contributed by atoms with E-state index in [-0.39, 0.29) is 17.9 Å². The maximum atomic E-state index is 13.8. The number of carbonyl (C=O) groups excluding carboxylic acids is 2. The summed E-state index contributed by atoms with van der Waals surface area (Å²) < 4.78 is 5.43. The number of ether oxygens (including phenoxy) is 1. The number of aromatic amines is 1.